The lowest BCUT2D eigenvalue weighted by atomic mass is 10.1. The van der Waals surface area contributed by atoms with Gasteiger partial charge in [-0.25, -0.2) is 4.98 Å². The highest BCUT2D eigenvalue weighted by molar-refractivity contribution is 5.78. The summed E-state index contributed by atoms with van der Waals surface area (Å²) in [4.78, 5) is 32.2. The van der Waals surface area contributed by atoms with Gasteiger partial charge in [-0.2, -0.15) is 0 Å². The van der Waals surface area contributed by atoms with E-state index in [0.29, 0.717) is 18.9 Å². The van der Waals surface area contributed by atoms with Gasteiger partial charge in [0.05, 0.1) is 11.0 Å². The van der Waals surface area contributed by atoms with E-state index in [1.54, 1.807) is 4.57 Å². The number of carbonyl (C=O) groups is 1. The number of rotatable bonds is 6. The maximum Gasteiger partial charge on any atom is 0.294 e. The molecule has 4 rings (SSSR count). The molecule has 6 heteroatoms. The highest BCUT2D eigenvalue weighted by Crippen LogP contribution is 2.18. The molecular weight excluding hydrogens is 364 g/mol. The van der Waals surface area contributed by atoms with Gasteiger partial charge in [-0.15, -0.1) is 0 Å². The average molecular weight is 390 g/mol. The standard InChI is InChI=1S/C23H26N4O2/c1-17-8-10-18(11-9-17)16-24-21(28)12-15-27-20-7-3-2-6-19(20)25-22(23(27)29)26-13-4-5-14-26/h2-3,6-11H,4-5,12-16H2,1H3,(H,24,28). The van der Waals surface area contributed by atoms with Crippen LogP contribution in [-0.4, -0.2) is 28.5 Å². The zero-order chi connectivity index (χ0) is 20.2. The van der Waals surface area contributed by atoms with Gasteiger partial charge >= 0.3 is 0 Å². The topological polar surface area (TPSA) is 67.2 Å². The fourth-order valence-corrected chi connectivity index (χ4v) is 3.74. The highest BCUT2D eigenvalue weighted by atomic mass is 16.2. The fraction of sp³-hybridized carbons (Fsp3) is 0.348. The molecule has 2 aromatic carbocycles. The van der Waals surface area contributed by atoms with Crippen LogP contribution in [-0.2, 0) is 17.9 Å². The Morgan fingerprint density at radius 3 is 2.55 bits per heavy atom. The number of hydrogen-bond donors (Lipinski definition) is 1. The van der Waals surface area contributed by atoms with Crippen molar-refractivity contribution in [1.82, 2.24) is 14.9 Å². The van der Waals surface area contributed by atoms with E-state index in [1.807, 2.05) is 55.5 Å². The molecule has 1 amide bonds. The first kappa shape index (κ1) is 19.2. The maximum atomic E-state index is 13.1. The van der Waals surface area contributed by atoms with E-state index in [2.05, 4.69) is 15.2 Å². The Morgan fingerprint density at radius 1 is 1.07 bits per heavy atom. The number of anilines is 1. The SMILES string of the molecule is Cc1ccc(CNC(=O)CCn2c(=O)c(N3CCCC3)nc3ccccc32)cc1. The largest absolute Gasteiger partial charge is 0.352 e. The van der Waals surface area contributed by atoms with Crippen molar-refractivity contribution in [2.75, 3.05) is 18.0 Å². The van der Waals surface area contributed by atoms with Crippen molar-refractivity contribution < 1.29 is 4.79 Å². The number of carbonyl (C=O) groups excluding carboxylic acids is 1. The van der Waals surface area contributed by atoms with Gasteiger partial charge in [0.15, 0.2) is 5.82 Å². The fourth-order valence-electron chi connectivity index (χ4n) is 3.74. The number of nitrogens with one attached hydrogen (secondary N) is 1. The minimum atomic E-state index is -0.114. The molecule has 2 heterocycles. The van der Waals surface area contributed by atoms with E-state index in [0.717, 1.165) is 42.5 Å². The molecule has 1 aliphatic heterocycles. The Balaban J connectivity index is 1.50. The number of aryl methyl sites for hydroxylation is 2. The monoisotopic (exact) mass is 390 g/mol. The molecule has 0 unspecified atom stereocenters. The van der Waals surface area contributed by atoms with Crippen LogP contribution in [0.5, 0.6) is 0 Å². The molecule has 0 atom stereocenters. The summed E-state index contributed by atoms with van der Waals surface area (Å²) in [6.45, 7) is 4.58. The predicted molar refractivity (Wildman–Crippen MR) is 115 cm³/mol. The lowest BCUT2D eigenvalue weighted by molar-refractivity contribution is -0.121. The van der Waals surface area contributed by atoms with Crippen molar-refractivity contribution in [1.29, 1.82) is 0 Å². The molecule has 1 aromatic heterocycles. The summed E-state index contributed by atoms with van der Waals surface area (Å²) < 4.78 is 1.70. The summed E-state index contributed by atoms with van der Waals surface area (Å²) in [7, 11) is 0. The number of para-hydroxylation sites is 2. The Kier molecular flexibility index (Phi) is 5.60. The summed E-state index contributed by atoms with van der Waals surface area (Å²) in [5.41, 5.74) is 3.70. The maximum absolute atomic E-state index is 13.1. The zero-order valence-corrected chi connectivity index (χ0v) is 16.7. The minimum absolute atomic E-state index is 0.0684. The third-order valence-electron chi connectivity index (χ3n) is 5.41. The molecule has 1 saturated heterocycles. The van der Waals surface area contributed by atoms with Crippen LogP contribution in [0.1, 0.15) is 30.4 Å². The molecule has 29 heavy (non-hydrogen) atoms. The minimum Gasteiger partial charge on any atom is -0.352 e. The molecule has 6 nitrogen and oxygen atoms in total. The second-order valence-electron chi connectivity index (χ2n) is 7.59. The van der Waals surface area contributed by atoms with E-state index >= 15 is 0 Å². The molecule has 150 valence electrons. The number of amides is 1. The molecule has 0 aliphatic carbocycles. The normalized spacial score (nSPS) is 13.8. The first-order valence-corrected chi connectivity index (χ1v) is 10.2. The van der Waals surface area contributed by atoms with Gasteiger partial charge in [0.1, 0.15) is 0 Å². The molecule has 1 aliphatic rings. The third-order valence-corrected chi connectivity index (χ3v) is 5.41. The molecular formula is C23H26N4O2. The average Bonchev–Trinajstić information content (AvgIpc) is 3.27. The predicted octanol–water partition coefficient (Wildman–Crippen LogP) is 3.01. The number of nitrogens with zero attached hydrogens (tertiary/aromatic N) is 3. The summed E-state index contributed by atoms with van der Waals surface area (Å²) in [5.74, 6) is 0.433. The van der Waals surface area contributed by atoms with Crippen LogP contribution in [0.3, 0.4) is 0 Å². The van der Waals surface area contributed by atoms with Crippen molar-refractivity contribution in [3.8, 4) is 0 Å². The first-order valence-electron chi connectivity index (χ1n) is 10.2. The Hall–Kier alpha value is -3.15. The van der Waals surface area contributed by atoms with Crippen LogP contribution in [0.4, 0.5) is 5.82 Å². The summed E-state index contributed by atoms with van der Waals surface area (Å²) in [6.07, 6.45) is 2.41. The zero-order valence-electron chi connectivity index (χ0n) is 16.7. The molecule has 3 aromatic rings. The van der Waals surface area contributed by atoms with Crippen LogP contribution < -0.4 is 15.8 Å². The van der Waals surface area contributed by atoms with E-state index in [-0.39, 0.29) is 17.9 Å². The quantitative estimate of drug-likeness (QED) is 0.703. The van der Waals surface area contributed by atoms with Gasteiger partial charge in [-0.1, -0.05) is 42.0 Å². The van der Waals surface area contributed by atoms with Gasteiger partial charge in [-0.3, -0.25) is 9.59 Å². The van der Waals surface area contributed by atoms with Crippen LogP contribution in [0.25, 0.3) is 11.0 Å². The molecule has 1 N–H and O–H groups in total. The van der Waals surface area contributed by atoms with Gasteiger partial charge in [0, 0.05) is 32.6 Å². The van der Waals surface area contributed by atoms with Crippen molar-refractivity contribution in [2.45, 2.75) is 39.3 Å². The second kappa shape index (κ2) is 8.47. The van der Waals surface area contributed by atoms with Crippen molar-refractivity contribution >= 4 is 22.8 Å². The number of hydrogen-bond acceptors (Lipinski definition) is 4. The number of aromatic nitrogens is 2. The summed E-state index contributed by atoms with van der Waals surface area (Å²) in [6, 6.07) is 15.7. The number of benzene rings is 2. The molecule has 0 saturated carbocycles. The van der Waals surface area contributed by atoms with E-state index in [4.69, 9.17) is 0 Å². The molecule has 0 radical (unpaired) electrons. The Bertz CT molecular complexity index is 1070. The van der Waals surface area contributed by atoms with Gasteiger partial charge in [-0.05, 0) is 37.5 Å². The van der Waals surface area contributed by atoms with Crippen LogP contribution in [0, 0.1) is 6.92 Å². The highest BCUT2D eigenvalue weighted by Gasteiger charge is 2.20. The first-order chi connectivity index (χ1) is 14.1. The summed E-state index contributed by atoms with van der Waals surface area (Å²) >= 11 is 0. The smallest absolute Gasteiger partial charge is 0.294 e. The van der Waals surface area contributed by atoms with Crippen LogP contribution in [0.15, 0.2) is 53.3 Å². The molecule has 0 spiro atoms. The molecule has 0 bridgehead atoms. The third kappa shape index (κ3) is 4.31. The lowest BCUT2D eigenvalue weighted by Gasteiger charge is -2.19. The molecule has 1 fully saturated rings. The Morgan fingerprint density at radius 2 is 1.79 bits per heavy atom. The van der Waals surface area contributed by atoms with Gasteiger partial charge < -0.3 is 14.8 Å². The summed E-state index contributed by atoms with van der Waals surface area (Å²) in [5, 5.41) is 2.95. The van der Waals surface area contributed by atoms with E-state index in [1.165, 1.54) is 5.56 Å². The van der Waals surface area contributed by atoms with Crippen molar-refractivity contribution in [3.63, 3.8) is 0 Å². The Labute approximate surface area is 170 Å². The van der Waals surface area contributed by atoms with Crippen molar-refractivity contribution in [3.05, 3.63) is 70.0 Å². The van der Waals surface area contributed by atoms with E-state index in [9.17, 15) is 9.59 Å². The van der Waals surface area contributed by atoms with Crippen LogP contribution in [0.2, 0.25) is 0 Å². The van der Waals surface area contributed by atoms with Gasteiger partial charge in [0.25, 0.3) is 5.56 Å². The van der Waals surface area contributed by atoms with E-state index < -0.39 is 0 Å². The van der Waals surface area contributed by atoms with Gasteiger partial charge in [0.2, 0.25) is 5.91 Å². The van der Waals surface area contributed by atoms with Crippen molar-refractivity contribution in [2.24, 2.45) is 0 Å². The number of fused-ring (bicyclic) bond motifs is 1. The van der Waals surface area contributed by atoms with Crippen LogP contribution >= 0.6 is 0 Å². The lowest BCUT2D eigenvalue weighted by Crippen LogP contribution is -2.33. The second-order valence-corrected chi connectivity index (χ2v) is 7.59.